The van der Waals surface area contributed by atoms with Crippen molar-refractivity contribution in [1.82, 2.24) is 9.97 Å². The van der Waals surface area contributed by atoms with Crippen molar-refractivity contribution in [3.8, 4) is 0 Å². The van der Waals surface area contributed by atoms with Gasteiger partial charge in [-0.05, 0) is 55.4 Å². The Bertz CT molecular complexity index is 526. The predicted octanol–water partition coefficient (Wildman–Crippen LogP) is 3.49. The third-order valence-electron chi connectivity index (χ3n) is 4.05. The smallest absolute Gasteiger partial charge is 0.113 e. The molecule has 0 amide bonds. The van der Waals surface area contributed by atoms with Crippen LogP contribution in [0.5, 0.6) is 0 Å². The summed E-state index contributed by atoms with van der Waals surface area (Å²) in [5.41, 5.74) is 5.91. The van der Waals surface area contributed by atoms with E-state index in [1.807, 2.05) is 12.4 Å². The number of imidazole rings is 1. The lowest BCUT2D eigenvalue weighted by atomic mass is 9.79. The number of nitrogens with zero attached hydrogens (tertiary/aromatic N) is 1. The molecule has 88 valence electrons. The highest BCUT2D eigenvalue weighted by molar-refractivity contribution is 5.44. The fourth-order valence-electron chi connectivity index (χ4n) is 2.94. The molecular formula is C15H18N2. The first kappa shape index (κ1) is 10.6. The summed E-state index contributed by atoms with van der Waals surface area (Å²) < 4.78 is 0. The largest absolute Gasteiger partial charge is 0.348 e. The second kappa shape index (κ2) is 4.02. The van der Waals surface area contributed by atoms with Gasteiger partial charge in [0.15, 0.2) is 0 Å². The summed E-state index contributed by atoms with van der Waals surface area (Å²) in [6.45, 7) is 4.45. The SMILES string of the molecule is Cc1ccc2c(c1C)CCCC2c1ncc[nH]1. The van der Waals surface area contributed by atoms with Gasteiger partial charge in [0.2, 0.25) is 0 Å². The van der Waals surface area contributed by atoms with Crippen LogP contribution in [0.4, 0.5) is 0 Å². The van der Waals surface area contributed by atoms with E-state index in [2.05, 4.69) is 35.9 Å². The summed E-state index contributed by atoms with van der Waals surface area (Å²) >= 11 is 0. The van der Waals surface area contributed by atoms with Crippen LogP contribution in [-0.4, -0.2) is 9.97 Å². The van der Waals surface area contributed by atoms with Crippen molar-refractivity contribution in [1.29, 1.82) is 0 Å². The van der Waals surface area contributed by atoms with E-state index in [-0.39, 0.29) is 0 Å². The Morgan fingerprint density at radius 2 is 2.18 bits per heavy atom. The number of H-pyrrole nitrogens is 1. The zero-order chi connectivity index (χ0) is 11.8. The van der Waals surface area contributed by atoms with Crippen LogP contribution in [0.25, 0.3) is 0 Å². The first-order chi connectivity index (χ1) is 8.27. The molecule has 17 heavy (non-hydrogen) atoms. The van der Waals surface area contributed by atoms with Gasteiger partial charge < -0.3 is 4.98 Å². The van der Waals surface area contributed by atoms with Crippen molar-refractivity contribution in [3.05, 3.63) is 52.6 Å². The Balaban J connectivity index is 2.12. The molecule has 0 aliphatic heterocycles. The number of aryl methyl sites for hydroxylation is 1. The molecule has 2 heteroatoms. The number of rotatable bonds is 1. The maximum atomic E-state index is 4.44. The molecule has 1 aromatic heterocycles. The molecule has 1 unspecified atom stereocenters. The first-order valence-corrected chi connectivity index (χ1v) is 6.35. The highest BCUT2D eigenvalue weighted by Gasteiger charge is 2.24. The van der Waals surface area contributed by atoms with E-state index in [0.717, 1.165) is 5.82 Å². The molecule has 1 aromatic carbocycles. The van der Waals surface area contributed by atoms with E-state index < -0.39 is 0 Å². The number of benzene rings is 1. The molecule has 1 N–H and O–H groups in total. The van der Waals surface area contributed by atoms with Gasteiger partial charge in [0.05, 0.1) is 0 Å². The number of aromatic amines is 1. The number of hydrogen-bond acceptors (Lipinski definition) is 1. The van der Waals surface area contributed by atoms with Crippen LogP contribution < -0.4 is 0 Å². The summed E-state index contributed by atoms with van der Waals surface area (Å²) in [6, 6.07) is 4.54. The quantitative estimate of drug-likeness (QED) is 0.792. The molecule has 0 bridgehead atoms. The van der Waals surface area contributed by atoms with Gasteiger partial charge in [-0.2, -0.15) is 0 Å². The monoisotopic (exact) mass is 226 g/mol. The van der Waals surface area contributed by atoms with Crippen LogP contribution in [0.3, 0.4) is 0 Å². The van der Waals surface area contributed by atoms with Gasteiger partial charge in [0.25, 0.3) is 0 Å². The van der Waals surface area contributed by atoms with Gasteiger partial charge >= 0.3 is 0 Å². The van der Waals surface area contributed by atoms with E-state index in [4.69, 9.17) is 0 Å². The normalized spacial score (nSPS) is 19.1. The van der Waals surface area contributed by atoms with Crippen LogP contribution in [0.15, 0.2) is 24.5 Å². The standard InChI is InChI=1S/C15H18N2/c1-10-6-7-13-12(11(10)2)4-3-5-14(13)15-16-8-9-17-15/h6-9,14H,3-5H2,1-2H3,(H,16,17). The average molecular weight is 226 g/mol. The van der Waals surface area contributed by atoms with Crippen LogP contribution in [0.2, 0.25) is 0 Å². The summed E-state index contributed by atoms with van der Waals surface area (Å²) in [4.78, 5) is 7.71. The molecule has 0 saturated heterocycles. The van der Waals surface area contributed by atoms with Crippen molar-refractivity contribution in [2.75, 3.05) is 0 Å². The fraction of sp³-hybridized carbons (Fsp3) is 0.400. The topological polar surface area (TPSA) is 28.7 Å². The molecule has 2 nitrogen and oxygen atoms in total. The van der Waals surface area contributed by atoms with Crippen LogP contribution in [0, 0.1) is 13.8 Å². The summed E-state index contributed by atoms with van der Waals surface area (Å²) in [5.74, 6) is 1.59. The van der Waals surface area contributed by atoms with Crippen LogP contribution in [0.1, 0.15) is 46.8 Å². The lowest BCUT2D eigenvalue weighted by molar-refractivity contribution is 0.592. The van der Waals surface area contributed by atoms with E-state index in [9.17, 15) is 0 Å². The zero-order valence-corrected chi connectivity index (χ0v) is 10.5. The molecule has 2 aromatic rings. The number of hydrogen-bond donors (Lipinski definition) is 1. The molecular weight excluding hydrogens is 208 g/mol. The maximum absolute atomic E-state index is 4.44. The molecule has 3 rings (SSSR count). The van der Waals surface area contributed by atoms with Crippen LogP contribution >= 0.6 is 0 Å². The highest BCUT2D eigenvalue weighted by atomic mass is 14.9. The van der Waals surface area contributed by atoms with Gasteiger partial charge in [0.1, 0.15) is 5.82 Å². The third kappa shape index (κ3) is 1.68. The van der Waals surface area contributed by atoms with Gasteiger partial charge in [-0.25, -0.2) is 4.98 Å². The van der Waals surface area contributed by atoms with Crippen molar-refractivity contribution < 1.29 is 0 Å². The van der Waals surface area contributed by atoms with E-state index >= 15 is 0 Å². The zero-order valence-electron chi connectivity index (χ0n) is 10.5. The van der Waals surface area contributed by atoms with Crippen molar-refractivity contribution in [2.45, 2.75) is 39.0 Å². The predicted molar refractivity (Wildman–Crippen MR) is 69.3 cm³/mol. The van der Waals surface area contributed by atoms with Gasteiger partial charge in [-0.15, -0.1) is 0 Å². The minimum atomic E-state index is 0.466. The van der Waals surface area contributed by atoms with E-state index in [1.165, 1.54) is 36.0 Å². The van der Waals surface area contributed by atoms with Gasteiger partial charge in [-0.3, -0.25) is 0 Å². The fourth-order valence-corrected chi connectivity index (χ4v) is 2.94. The minimum Gasteiger partial charge on any atom is -0.348 e. The Labute approximate surface area is 102 Å². The third-order valence-corrected chi connectivity index (χ3v) is 4.05. The molecule has 0 fully saturated rings. The maximum Gasteiger partial charge on any atom is 0.113 e. The summed E-state index contributed by atoms with van der Waals surface area (Å²) in [7, 11) is 0. The second-order valence-electron chi connectivity index (χ2n) is 4.99. The Morgan fingerprint density at radius 1 is 1.29 bits per heavy atom. The van der Waals surface area contributed by atoms with Crippen molar-refractivity contribution in [2.24, 2.45) is 0 Å². The molecule has 0 saturated carbocycles. The second-order valence-corrected chi connectivity index (χ2v) is 4.99. The van der Waals surface area contributed by atoms with Gasteiger partial charge in [0, 0.05) is 18.3 Å². The van der Waals surface area contributed by atoms with E-state index in [0.29, 0.717) is 5.92 Å². The number of nitrogens with one attached hydrogen (secondary N) is 1. The van der Waals surface area contributed by atoms with Crippen LogP contribution in [-0.2, 0) is 6.42 Å². The highest BCUT2D eigenvalue weighted by Crippen LogP contribution is 2.37. The Morgan fingerprint density at radius 3 is 2.94 bits per heavy atom. The molecule has 1 heterocycles. The Kier molecular flexibility index (Phi) is 2.50. The molecule has 1 aliphatic carbocycles. The summed E-state index contributed by atoms with van der Waals surface area (Å²) in [6.07, 6.45) is 7.47. The molecule has 0 radical (unpaired) electrons. The lowest BCUT2D eigenvalue weighted by Gasteiger charge is -2.26. The average Bonchev–Trinajstić information content (AvgIpc) is 2.87. The first-order valence-electron chi connectivity index (χ1n) is 6.35. The minimum absolute atomic E-state index is 0.466. The Hall–Kier alpha value is -1.57. The molecule has 0 spiro atoms. The van der Waals surface area contributed by atoms with E-state index in [1.54, 1.807) is 5.56 Å². The number of aromatic nitrogens is 2. The van der Waals surface area contributed by atoms with Crippen molar-refractivity contribution >= 4 is 0 Å². The summed E-state index contributed by atoms with van der Waals surface area (Å²) in [5, 5.41) is 0. The van der Waals surface area contributed by atoms with Gasteiger partial charge in [-0.1, -0.05) is 12.1 Å². The van der Waals surface area contributed by atoms with Crippen molar-refractivity contribution in [3.63, 3.8) is 0 Å². The molecule has 1 atom stereocenters. The lowest BCUT2D eigenvalue weighted by Crippen LogP contribution is -2.14. The number of fused-ring (bicyclic) bond motifs is 1. The molecule has 1 aliphatic rings.